The summed E-state index contributed by atoms with van der Waals surface area (Å²) in [4.78, 5) is 71.3. The predicted octanol–water partition coefficient (Wildman–Crippen LogP) is 2.16. The largest absolute Gasteiger partial charge is 0.477 e. The second-order valence-corrected chi connectivity index (χ2v) is 13.4. The number of carbonyl (C=O) groups is 5. The van der Waals surface area contributed by atoms with Crippen LogP contribution in [0.1, 0.15) is 11.6 Å². The lowest BCUT2D eigenvalue weighted by atomic mass is 10.0. The van der Waals surface area contributed by atoms with Gasteiger partial charge in [-0.25, -0.2) is 24.3 Å². The minimum Gasteiger partial charge on any atom is -0.477 e. The van der Waals surface area contributed by atoms with Crippen molar-refractivity contribution in [1.29, 1.82) is 0 Å². The summed E-state index contributed by atoms with van der Waals surface area (Å²) < 4.78 is 6.09. The number of carboxylic acid groups (broad SMARTS) is 1. The molecule has 2 unspecified atom stereocenters. The summed E-state index contributed by atoms with van der Waals surface area (Å²) in [6.45, 7) is 0.342. The summed E-state index contributed by atoms with van der Waals surface area (Å²) >= 11 is 4.25. The van der Waals surface area contributed by atoms with Gasteiger partial charge >= 0.3 is 18.0 Å². The number of urea groups is 2. The van der Waals surface area contributed by atoms with Crippen molar-refractivity contribution in [2.45, 2.75) is 17.5 Å². The highest BCUT2D eigenvalue weighted by Crippen LogP contribution is 2.43. The Bertz CT molecular complexity index is 1570. The van der Waals surface area contributed by atoms with Crippen LogP contribution in [0.25, 0.3) is 0 Å². The predicted molar refractivity (Wildman–Crippen MR) is 168 cm³/mol. The standard InChI is InChI=1S/C27H28N8O7S3/c1-32-11-18(45-31-32)43-13-16-14-44-24-19(23(37)34(24)21(16)25(38)39)29-22(36)20(15-5-3-2-4-6-15)35(30-17-7-10-42-12-17)27(41)33-9-8-28-26(33)40/h2-7,10-12,19-20,24,30-31H,8-9,13-14H2,1H3,(H,28,40)(H,29,36)(H,38,39)/t19?,20?,24-/m0/s1. The molecule has 4 aliphatic rings. The second-order valence-electron chi connectivity index (χ2n) is 10.2. The zero-order chi connectivity index (χ0) is 31.7. The highest BCUT2D eigenvalue weighted by Gasteiger charge is 2.55. The first-order valence-electron chi connectivity index (χ1n) is 13.7. The average molecular weight is 673 g/mol. The fraction of sp³-hybridized carbons (Fsp3) is 0.296. The molecule has 45 heavy (non-hydrogen) atoms. The van der Waals surface area contributed by atoms with Crippen LogP contribution >= 0.6 is 35.5 Å². The number of hydrazine groups is 2. The molecule has 18 heteroatoms. The van der Waals surface area contributed by atoms with Gasteiger partial charge in [-0.2, -0.15) is 4.83 Å². The van der Waals surface area contributed by atoms with Crippen LogP contribution in [0.5, 0.6) is 0 Å². The molecule has 2 aromatic rings. The highest BCUT2D eigenvalue weighted by molar-refractivity contribution is 8.21. The number of hydrogen-bond donors (Lipinski definition) is 5. The molecule has 2 saturated heterocycles. The number of hydrogen-bond acceptors (Lipinski definition) is 12. The quantitative estimate of drug-likeness (QED) is 0.141. The van der Waals surface area contributed by atoms with Gasteiger partial charge in [0.2, 0.25) is 5.91 Å². The molecule has 0 spiro atoms. The maximum atomic E-state index is 14.1. The van der Waals surface area contributed by atoms with Gasteiger partial charge < -0.3 is 25.2 Å². The molecule has 0 radical (unpaired) electrons. The summed E-state index contributed by atoms with van der Waals surface area (Å²) in [5, 5.41) is 17.6. The molecule has 2 fully saturated rings. The van der Waals surface area contributed by atoms with Crippen LogP contribution in [0.15, 0.2) is 75.0 Å². The van der Waals surface area contributed by atoms with Crippen molar-refractivity contribution in [2.24, 2.45) is 0 Å². The van der Waals surface area contributed by atoms with Crippen LogP contribution in [-0.2, 0) is 14.4 Å². The molecule has 4 aliphatic heterocycles. The van der Waals surface area contributed by atoms with Crippen LogP contribution in [0, 0.1) is 0 Å². The number of amides is 6. The van der Waals surface area contributed by atoms with E-state index in [-0.39, 0.29) is 18.8 Å². The lowest BCUT2D eigenvalue weighted by Gasteiger charge is -2.50. The molecule has 1 aromatic carbocycles. The van der Waals surface area contributed by atoms with E-state index in [0.717, 1.165) is 14.1 Å². The topological polar surface area (TPSA) is 180 Å². The number of thioether (sulfide) groups is 2. The van der Waals surface area contributed by atoms with E-state index in [9.17, 15) is 29.1 Å². The first-order chi connectivity index (χ1) is 21.7. The van der Waals surface area contributed by atoms with E-state index in [1.807, 2.05) is 13.2 Å². The fourth-order valence-corrected chi connectivity index (χ4v) is 8.39. The monoisotopic (exact) mass is 672 g/mol. The zero-order valence-corrected chi connectivity index (χ0v) is 26.1. The SMILES string of the molecule is CN1C=C(SCC2=C(C(=O)O)N3C(=O)C(NC(=O)C(c4ccccc4)N(Nc4ccoc4)C(=O)N4CCNC4=O)[C@@H]3SC2)SN1. The van der Waals surface area contributed by atoms with E-state index < -0.39 is 47.3 Å². The Balaban J connectivity index is 1.24. The Kier molecular flexibility index (Phi) is 8.88. The lowest BCUT2D eigenvalue weighted by molar-refractivity contribution is -0.151. The van der Waals surface area contributed by atoms with Crippen molar-refractivity contribution in [3.63, 3.8) is 0 Å². The van der Waals surface area contributed by atoms with Crippen molar-refractivity contribution in [3.8, 4) is 0 Å². The minimum absolute atomic E-state index is 0.0789. The second kappa shape index (κ2) is 13.0. The molecule has 15 nitrogen and oxygen atoms in total. The Morgan fingerprint density at radius 3 is 2.67 bits per heavy atom. The Hall–Kier alpha value is -4.26. The Morgan fingerprint density at radius 1 is 1.22 bits per heavy atom. The molecule has 0 bridgehead atoms. The summed E-state index contributed by atoms with van der Waals surface area (Å²) in [6.07, 6.45) is 4.61. The highest BCUT2D eigenvalue weighted by atomic mass is 32.2. The van der Waals surface area contributed by atoms with Crippen LogP contribution in [0.4, 0.5) is 15.3 Å². The molecule has 236 valence electrons. The molecular formula is C27H28N8O7S3. The number of β-lactam (4-membered cyclic amide) rings is 1. The summed E-state index contributed by atoms with van der Waals surface area (Å²) in [5.74, 6) is -1.75. The molecule has 0 aliphatic carbocycles. The van der Waals surface area contributed by atoms with Gasteiger partial charge in [0.15, 0.2) is 6.04 Å². The van der Waals surface area contributed by atoms with E-state index in [4.69, 9.17) is 4.42 Å². The third kappa shape index (κ3) is 6.18. The number of nitrogens with zero attached hydrogens (tertiary/aromatic N) is 4. The van der Waals surface area contributed by atoms with Gasteiger partial charge in [-0.05, 0) is 23.1 Å². The molecule has 3 atom stereocenters. The number of rotatable bonds is 10. The van der Waals surface area contributed by atoms with Gasteiger partial charge in [-0.1, -0.05) is 30.3 Å². The third-order valence-corrected chi connectivity index (χ3v) is 10.7. The maximum Gasteiger partial charge on any atom is 0.352 e. The molecule has 0 saturated carbocycles. The van der Waals surface area contributed by atoms with E-state index in [0.29, 0.717) is 28.3 Å². The number of fused-ring (bicyclic) bond motifs is 1. The number of benzene rings is 1. The normalized spacial score (nSPS) is 21.5. The van der Waals surface area contributed by atoms with E-state index in [1.165, 1.54) is 52.9 Å². The molecular weight excluding hydrogens is 645 g/mol. The number of aliphatic carboxylic acids is 1. The molecule has 1 aromatic heterocycles. The fourth-order valence-electron chi connectivity index (χ4n) is 5.11. The van der Waals surface area contributed by atoms with Gasteiger partial charge in [0.1, 0.15) is 23.4 Å². The molecule has 6 rings (SSSR count). The molecule has 5 heterocycles. The number of imide groups is 1. The van der Waals surface area contributed by atoms with Crippen molar-refractivity contribution >= 4 is 71.0 Å². The number of nitrogens with one attached hydrogen (secondary N) is 4. The first-order valence-corrected chi connectivity index (χ1v) is 16.5. The smallest absolute Gasteiger partial charge is 0.352 e. The maximum absolute atomic E-state index is 14.1. The van der Waals surface area contributed by atoms with Crippen molar-refractivity contribution in [2.75, 3.05) is 37.1 Å². The third-order valence-electron chi connectivity index (χ3n) is 7.21. The summed E-state index contributed by atoms with van der Waals surface area (Å²) in [7, 11) is 1.85. The van der Waals surface area contributed by atoms with E-state index >= 15 is 0 Å². The van der Waals surface area contributed by atoms with Crippen molar-refractivity contribution in [3.05, 3.63) is 76.2 Å². The summed E-state index contributed by atoms with van der Waals surface area (Å²) in [6, 6.07) is 6.22. The number of anilines is 1. The van der Waals surface area contributed by atoms with Gasteiger partial charge in [-0.15, -0.1) is 23.5 Å². The van der Waals surface area contributed by atoms with Gasteiger partial charge in [0.05, 0.1) is 16.2 Å². The number of carboxylic acids is 1. The number of carbonyl (C=O) groups excluding carboxylic acids is 4. The Labute approximate surface area is 269 Å². The van der Waals surface area contributed by atoms with Crippen LogP contribution in [0.3, 0.4) is 0 Å². The van der Waals surface area contributed by atoms with Crippen LogP contribution < -0.4 is 20.9 Å². The van der Waals surface area contributed by atoms with Crippen molar-refractivity contribution in [1.82, 2.24) is 35.3 Å². The van der Waals surface area contributed by atoms with Gasteiger partial charge in [0, 0.05) is 43.9 Å². The Morgan fingerprint density at radius 2 is 2.02 bits per heavy atom. The van der Waals surface area contributed by atoms with Crippen LogP contribution in [0.2, 0.25) is 0 Å². The average Bonchev–Trinajstić information content (AvgIpc) is 3.81. The first kappa shape index (κ1) is 30.8. The van der Waals surface area contributed by atoms with E-state index in [1.54, 1.807) is 41.4 Å². The lowest BCUT2D eigenvalue weighted by Crippen LogP contribution is -2.71. The molecule has 5 N–H and O–H groups in total. The zero-order valence-electron chi connectivity index (χ0n) is 23.7. The van der Waals surface area contributed by atoms with Crippen molar-refractivity contribution < 1.29 is 33.5 Å². The summed E-state index contributed by atoms with van der Waals surface area (Å²) in [5.41, 5.74) is 4.17. The van der Waals surface area contributed by atoms with Crippen LogP contribution in [-0.4, -0.2) is 97.8 Å². The molecule has 6 amide bonds. The van der Waals surface area contributed by atoms with Gasteiger partial charge in [0.25, 0.3) is 5.91 Å². The minimum atomic E-state index is -1.33. The number of furan rings is 1. The van der Waals surface area contributed by atoms with Gasteiger partial charge in [-0.3, -0.25) is 19.9 Å². The van der Waals surface area contributed by atoms with E-state index in [2.05, 4.69) is 20.9 Å².